The molecule has 2 aliphatic rings. The zero-order valence-corrected chi connectivity index (χ0v) is 16.1. The highest BCUT2D eigenvalue weighted by atomic mass is 16.5. The van der Waals surface area contributed by atoms with E-state index >= 15 is 0 Å². The number of hydrogen-bond donors (Lipinski definition) is 0. The molecule has 7 heteroatoms. The van der Waals surface area contributed by atoms with Gasteiger partial charge in [0.2, 0.25) is 0 Å². The van der Waals surface area contributed by atoms with Crippen LogP contribution in [0.1, 0.15) is 32.6 Å². The van der Waals surface area contributed by atoms with Gasteiger partial charge in [0, 0.05) is 32.4 Å². The summed E-state index contributed by atoms with van der Waals surface area (Å²) in [7, 11) is 3.87. The first-order chi connectivity index (χ1) is 12.5. The number of carbonyl (C=O) groups is 2. The minimum atomic E-state index is -0.213. The van der Waals surface area contributed by atoms with Crippen LogP contribution >= 0.6 is 0 Å². The van der Waals surface area contributed by atoms with E-state index in [0.717, 1.165) is 25.9 Å². The minimum Gasteiger partial charge on any atom is -0.466 e. The summed E-state index contributed by atoms with van der Waals surface area (Å²) in [5.74, 6) is -0.438. The molecular weight excluding hydrogens is 332 g/mol. The Labute approximate surface area is 156 Å². The molecule has 144 valence electrons. The van der Waals surface area contributed by atoms with Crippen LogP contribution in [-0.2, 0) is 14.3 Å². The van der Waals surface area contributed by atoms with Crippen LogP contribution in [0.4, 0.5) is 0 Å². The monoisotopic (exact) mass is 362 g/mol. The predicted molar refractivity (Wildman–Crippen MR) is 97.9 cm³/mol. The summed E-state index contributed by atoms with van der Waals surface area (Å²) in [6.45, 7) is 5.45. The van der Waals surface area contributed by atoms with Gasteiger partial charge in [0.1, 0.15) is 11.6 Å². The maximum Gasteiger partial charge on any atom is 0.309 e. The molecule has 2 aliphatic heterocycles. The number of hydrogen-bond acceptors (Lipinski definition) is 6. The molecule has 26 heavy (non-hydrogen) atoms. The molecule has 2 fully saturated rings. The second-order valence-corrected chi connectivity index (χ2v) is 7.17. The molecule has 7 nitrogen and oxygen atoms in total. The molecule has 0 aromatic heterocycles. The molecular formula is C19H30N4O3. The first kappa shape index (κ1) is 20.2. The van der Waals surface area contributed by atoms with Crippen LogP contribution in [0.5, 0.6) is 0 Å². The Kier molecular flexibility index (Phi) is 7.46. The largest absolute Gasteiger partial charge is 0.466 e. The van der Waals surface area contributed by atoms with Gasteiger partial charge < -0.3 is 19.4 Å². The number of nitriles is 1. The Morgan fingerprint density at radius 2 is 1.81 bits per heavy atom. The molecule has 0 bridgehead atoms. The average Bonchev–Trinajstić information content (AvgIpc) is 2.66. The lowest BCUT2D eigenvalue weighted by Gasteiger charge is -2.35. The van der Waals surface area contributed by atoms with Crippen molar-refractivity contribution in [2.24, 2.45) is 5.92 Å². The first-order valence-corrected chi connectivity index (χ1v) is 9.44. The van der Waals surface area contributed by atoms with Crippen molar-refractivity contribution in [2.45, 2.75) is 38.6 Å². The summed E-state index contributed by atoms with van der Waals surface area (Å²) in [5, 5.41) is 9.45. The van der Waals surface area contributed by atoms with Crippen molar-refractivity contribution in [3.8, 4) is 6.07 Å². The third kappa shape index (κ3) is 5.21. The number of likely N-dealkylation sites (tertiary alicyclic amines) is 2. The van der Waals surface area contributed by atoms with Crippen LogP contribution in [0.2, 0.25) is 0 Å². The van der Waals surface area contributed by atoms with E-state index in [2.05, 4.69) is 18.0 Å². The topological polar surface area (TPSA) is 76.9 Å². The molecule has 2 rings (SSSR count). The van der Waals surface area contributed by atoms with Crippen molar-refractivity contribution in [1.82, 2.24) is 14.7 Å². The van der Waals surface area contributed by atoms with Crippen molar-refractivity contribution < 1.29 is 14.3 Å². The molecule has 0 N–H and O–H groups in total. The summed E-state index contributed by atoms with van der Waals surface area (Å²) >= 11 is 0. The Balaban J connectivity index is 1.92. The normalized spacial score (nSPS) is 20.5. The lowest BCUT2D eigenvalue weighted by molar-refractivity contribution is -0.149. The number of ether oxygens (including phenoxy) is 1. The van der Waals surface area contributed by atoms with Crippen molar-refractivity contribution in [3.05, 3.63) is 11.8 Å². The summed E-state index contributed by atoms with van der Waals surface area (Å²) in [5.41, 5.74) is 0.168. The van der Waals surface area contributed by atoms with Crippen LogP contribution in [0.3, 0.4) is 0 Å². The number of carbonyl (C=O) groups excluding carboxylic acids is 2. The Morgan fingerprint density at radius 3 is 2.35 bits per heavy atom. The molecule has 0 unspecified atom stereocenters. The van der Waals surface area contributed by atoms with E-state index in [1.54, 1.807) is 25.1 Å². The fourth-order valence-corrected chi connectivity index (χ4v) is 3.58. The van der Waals surface area contributed by atoms with E-state index in [-0.39, 0.29) is 29.4 Å². The summed E-state index contributed by atoms with van der Waals surface area (Å²) in [6, 6.07) is 2.24. The molecule has 1 amide bonds. The van der Waals surface area contributed by atoms with Gasteiger partial charge in [-0.3, -0.25) is 9.59 Å². The Bertz CT molecular complexity index is 568. The third-order valence-electron chi connectivity index (χ3n) is 5.37. The van der Waals surface area contributed by atoms with Gasteiger partial charge in [0.25, 0.3) is 5.91 Å². The second kappa shape index (κ2) is 9.58. The van der Waals surface area contributed by atoms with Gasteiger partial charge >= 0.3 is 5.97 Å². The smallest absolute Gasteiger partial charge is 0.309 e. The van der Waals surface area contributed by atoms with E-state index in [0.29, 0.717) is 32.5 Å². The fourth-order valence-electron chi connectivity index (χ4n) is 3.58. The van der Waals surface area contributed by atoms with Gasteiger partial charge in [-0.15, -0.1) is 0 Å². The fraction of sp³-hybridized carbons (Fsp3) is 0.737. The highest BCUT2D eigenvalue weighted by Gasteiger charge is 2.28. The molecule has 0 atom stereocenters. The number of nitrogens with zero attached hydrogens (tertiary/aromatic N) is 4. The zero-order chi connectivity index (χ0) is 19.1. The van der Waals surface area contributed by atoms with Crippen LogP contribution in [-0.4, -0.2) is 79.5 Å². The zero-order valence-electron chi connectivity index (χ0n) is 16.1. The van der Waals surface area contributed by atoms with E-state index < -0.39 is 0 Å². The van der Waals surface area contributed by atoms with Crippen molar-refractivity contribution in [1.29, 1.82) is 5.26 Å². The van der Waals surface area contributed by atoms with E-state index in [9.17, 15) is 14.9 Å². The summed E-state index contributed by atoms with van der Waals surface area (Å²) in [6.07, 6.45) is 4.90. The van der Waals surface area contributed by atoms with E-state index in [1.165, 1.54) is 0 Å². The number of piperidine rings is 2. The van der Waals surface area contributed by atoms with Gasteiger partial charge in [-0.2, -0.15) is 5.26 Å². The second-order valence-electron chi connectivity index (χ2n) is 7.17. The van der Waals surface area contributed by atoms with Crippen molar-refractivity contribution in [2.75, 3.05) is 46.9 Å². The van der Waals surface area contributed by atoms with E-state index in [1.807, 2.05) is 4.90 Å². The summed E-state index contributed by atoms with van der Waals surface area (Å²) < 4.78 is 5.07. The quantitative estimate of drug-likeness (QED) is 0.416. The molecule has 2 heterocycles. The molecule has 0 spiro atoms. The number of amides is 1. The van der Waals surface area contributed by atoms with Crippen LogP contribution in [0, 0.1) is 17.2 Å². The van der Waals surface area contributed by atoms with Gasteiger partial charge in [0.05, 0.1) is 12.5 Å². The molecule has 0 aromatic rings. The highest BCUT2D eigenvalue weighted by Crippen LogP contribution is 2.21. The van der Waals surface area contributed by atoms with Crippen molar-refractivity contribution >= 4 is 11.9 Å². The maximum absolute atomic E-state index is 12.7. The van der Waals surface area contributed by atoms with E-state index in [4.69, 9.17) is 4.74 Å². The Morgan fingerprint density at radius 1 is 1.19 bits per heavy atom. The van der Waals surface area contributed by atoms with Gasteiger partial charge in [-0.1, -0.05) is 0 Å². The molecule has 0 aromatic carbocycles. The molecule has 0 aliphatic carbocycles. The highest BCUT2D eigenvalue weighted by molar-refractivity contribution is 5.97. The maximum atomic E-state index is 12.7. The lowest BCUT2D eigenvalue weighted by atomic mass is 9.97. The Hall–Kier alpha value is -2.07. The van der Waals surface area contributed by atoms with Crippen LogP contribution in [0.15, 0.2) is 11.8 Å². The number of rotatable bonds is 5. The summed E-state index contributed by atoms with van der Waals surface area (Å²) in [4.78, 5) is 30.4. The average molecular weight is 362 g/mol. The molecule has 2 saturated heterocycles. The van der Waals surface area contributed by atoms with Gasteiger partial charge in [0.15, 0.2) is 0 Å². The first-order valence-electron chi connectivity index (χ1n) is 9.44. The van der Waals surface area contributed by atoms with Gasteiger partial charge in [-0.05, 0) is 52.7 Å². The number of likely N-dealkylation sites (N-methyl/N-ethyl adjacent to an activating group) is 1. The van der Waals surface area contributed by atoms with Crippen molar-refractivity contribution in [3.63, 3.8) is 0 Å². The lowest BCUT2D eigenvalue weighted by Crippen LogP contribution is -2.45. The third-order valence-corrected chi connectivity index (χ3v) is 5.37. The SMILES string of the molecule is CCOC(=O)C1CCN(/C=C(/C#N)C(=O)N(C)C2CCN(C)CC2)CC1. The molecule has 0 radical (unpaired) electrons. The number of esters is 1. The van der Waals surface area contributed by atoms with Gasteiger partial charge in [-0.25, -0.2) is 0 Å². The van der Waals surface area contributed by atoms with Crippen LogP contribution < -0.4 is 0 Å². The predicted octanol–water partition coefficient (Wildman–Crippen LogP) is 1.22. The van der Waals surface area contributed by atoms with Crippen LogP contribution in [0.25, 0.3) is 0 Å². The minimum absolute atomic E-state index is 0.0808. The standard InChI is InChI=1S/C19H30N4O3/c1-4-26-19(25)15-5-11-23(12-6-15)14-16(13-20)18(24)22(3)17-7-9-21(2)10-8-17/h14-15,17H,4-12H2,1-3H3/b16-14-. The molecule has 0 saturated carbocycles.